The maximum absolute atomic E-state index is 9.20. The summed E-state index contributed by atoms with van der Waals surface area (Å²) in [5, 5.41) is 9.20. The fourth-order valence-electron chi connectivity index (χ4n) is 1.73. The van der Waals surface area contributed by atoms with Gasteiger partial charge in [0, 0.05) is 22.9 Å². The number of methoxy groups -OCH3 is 1. The number of hydrogen-bond acceptors (Lipinski definition) is 2. The molecule has 0 aliphatic heterocycles. The van der Waals surface area contributed by atoms with Crippen LogP contribution in [0.3, 0.4) is 0 Å². The average Bonchev–Trinajstić information content (AvgIpc) is 2.79. The van der Waals surface area contributed by atoms with Gasteiger partial charge in [0.25, 0.3) is 0 Å². The fourth-order valence-corrected chi connectivity index (χ4v) is 2.10. The van der Waals surface area contributed by atoms with E-state index in [0.717, 1.165) is 21.5 Å². The molecule has 3 nitrogen and oxygen atoms in total. The summed E-state index contributed by atoms with van der Waals surface area (Å²) in [4.78, 5) is 0. The third-order valence-corrected chi connectivity index (χ3v) is 3.45. The lowest BCUT2D eigenvalue weighted by Crippen LogP contribution is -2.03. The Balaban J connectivity index is 2.29. The largest absolute Gasteiger partial charge is 0.497 e. The van der Waals surface area contributed by atoms with E-state index < -0.39 is 0 Å². The highest BCUT2D eigenvalue weighted by atomic mass is 79.9. The van der Waals surface area contributed by atoms with Crippen molar-refractivity contribution < 1.29 is 9.84 Å². The van der Waals surface area contributed by atoms with E-state index in [0.29, 0.717) is 6.54 Å². The molecule has 2 rings (SSSR count). The van der Waals surface area contributed by atoms with Gasteiger partial charge in [-0.15, -0.1) is 0 Å². The van der Waals surface area contributed by atoms with Crippen LogP contribution in [-0.2, 0) is 13.2 Å². The lowest BCUT2D eigenvalue weighted by atomic mass is 10.2. The summed E-state index contributed by atoms with van der Waals surface area (Å²) in [6.45, 7) is 0.759. The molecule has 1 aromatic heterocycles. The van der Waals surface area contributed by atoms with Gasteiger partial charge < -0.3 is 14.4 Å². The first-order valence-corrected chi connectivity index (χ1v) is 6.11. The summed E-state index contributed by atoms with van der Waals surface area (Å²) in [7, 11) is 1.65. The molecule has 0 aliphatic rings. The molecular formula is C13H14BrNO2. The van der Waals surface area contributed by atoms with E-state index in [9.17, 15) is 5.11 Å². The molecule has 0 spiro atoms. The molecule has 17 heavy (non-hydrogen) atoms. The molecule has 0 saturated carbocycles. The molecule has 0 fully saturated rings. The van der Waals surface area contributed by atoms with Crippen LogP contribution in [0, 0.1) is 0 Å². The molecule has 0 amide bonds. The Morgan fingerprint density at radius 3 is 2.88 bits per heavy atom. The van der Waals surface area contributed by atoms with Gasteiger partial charge >= 0.3 is 0 Å². The van der Waals surface area contributed by atoms with Crippen LogP contribution in [0.5, 0.6) is 5.75 Å². The summed E-state index contributed by atoms with van der Waals surface area (Å²) >= 11 is 3.52. The molecule has 0 saturated heterocycles. The van der Waals surface area contributed by atoms with E-state index in [1.165, 1.54) is 0 Å². The van der Waals surface area contributed by atoms with Crippen molar-refractivity contribution >= 4 is 15.9 Å². The quantitative estimate of drug-likeness (QED) is 0.941. The third kappa shape index (κ3) is 2.70. The van der Waals surface area contributed by atoms with Crippen molar-refractivity contribution in [1.29, 1.82) is 0 Å². The van der Waals surface area contributed by atoms with Crippen LogP contribution < -0.4 is 4.74 Å². The maximum atomic E-state index is 9.20. The van der Waals surface area contributed by atoms with Crippen LogP contribution in [0.25, 0.3) is 0 Å². The smallest absolute Gasteiger partial charge is 0.119 e. The Morgan fingerprint density at radius 1 is 1.35 bits per heavy atom. The number of aliphatic hydroxyl groups excluding tert-OH is 1. The van der Waals surface area contributed by atoms with Gasteiger partial charge in [-0.1, -0.05) is 15.9 Å². The fraction of sp³-hybridized carbons (Fsp3) is 0.231. The molecule has 90 valence electrons. The van der Waals surface area contributed by atoms with Crippen molar-refractivity contribution in [3.63, 3.8) is 0 Å². The Kier molecular flexibility index (Phi) is 3.86. The van der Waals surface area contributed by atoms with Crippen molar-refractivity contribution in [2.45, 2.75) is 13.2 Å². The number of aliphatic hydroxyl groups is 1. The summed E-state index contributed by atoms with van der Waals surface area (Å²) in [5.74, 6) is 0.834. The van der Waals surface area contributed by atoms with Gasteiger partial charge in [0.05, 0.1) is 13.7 Å². The average molecular weight is 296 g/mol. The van der Waals surface area contributed by atoms with Crippen LogP contribution >= 0.6 is 15.9 Å². The highest BCUT2D eigenvalue weighted by molar-refractivity contribution is 9.10. The number of benzene rings is 1. The zero-order chi connectivity index (χ0) is 12.3. The highest BCUT2D eigenvalue weighted by Gasteiger charge is 2.05. The van der Waals surface area contributed by atoms with Crippen molar-refractivity contribution in [3.8, 4) is 5.75 Å². The van der Waals surface area contributed by atoms with Crippen LogP contribution in [-0.4, -0.2) is 16.8 Å². The van der Waals surface area contributed by atoms with Gasteiger partial charge in [-0.05, 0) is 35.9 Å². The van der Waals surface area contributed by atoms with Crippen molar-refractivity contribution in [2.75, 3.05) is 7.11 Å². The Bertz CT molecular complexity index is 508. The molecule has 2 aromatic rings. The Morgan fingerprint density at radius 2 is 2.18 bits per heavy atom. The third-order valence-electron chi connectivity index (χ3n) is 2.68. The monoisotopic (exact) mass is 295 g/mol. The molecule has 1 N–H and O–H groups in total. The topological polar surface area (TPSA) is 34.4 Å². The second kappa shape index (κ2) is 5.38. The predicted octanol–water partition coefficient (Wildman–Crippen LogP) is 2.80. The predicted molar refractivity (Wildman–Crippen MR) is 70.2 cm³/mol. The molecule has 0 unspecified atom stereocenters. The standard InChI is InChI=1S/C13H14BrNO2/c1-17-12-4-5-13(14)10(7-12)8-15-6-2-3-11(15)9-16/h2-7,16H,8-9H2,1H3. The number of aromatic nitrogens is 1. The van der Waals surface area contributed by atoms with Crippen LogP contribution in [0.15, 0.2) is 41.0 Å². The minimum Gasteiger partial charge on any atom is -0.497 e. The molecule has 4 heteroatoms. The minimum absolute atomic E-state index is 0.0502. The summed E-state index contributed by atoms with van der Waals surface area (Å²) < 4.78 is 8.26. The summed E-state index contributed by atoms with van der Waals surface area (Å²) in [6, 6.07) is 9.71. The first kappa shape index (κ1) is 12.2. The van der Waals surface area contributed by atoms with E-state index in [1.807, 2.05) is 41.1 Å². The Hall–Kier alpha value is -1.26. The van der Waals surface area contributed by atoms with E-state index >= 15 is 0 Å². The zero-order valence-electron chi connectivity index (χ0n) is 9.56. The van der Waals surface area contributed by atoms with Gasteiger partial charge in [0.2, 0.25) is 0 Å². The summed E-state index contributed by atoms with van der Waals surface area (Å²) in [5.41, 5.74) is 2.02. The van der Waals surface area contributed by atoms with E-state index in [4.69, 9.17) is 4.74 Å². The van der Waals surface area contributed by atoms with E-state index in [2.05, 4.69) is 15.9 Å². The number of nitrogens with zero attached hydrogens (tertiary/aromatic N) is 1. The van der Waals surface area contributed by atoms with Gasteiger partial charge in [-0.25, -0.2) is 0 Å². The minimum atomic E-state index is 0.0502. The van der Waals surface area contributed by atoms with Gasteiger partial charge in [0.15, 0.2) is 0 Å². The van der Waals surface area contributed by atoms with Crippen molar-refractivity contribution in [3.05, 3.63) is 52.3 Å². The van der Waals surface area contributed by atoms with Crippen molar-refractivity contribution in [2.24, 2.45) is 0 Å². The Labute approximate surface area is 109 Å². The second-order valence-corrected chi connectivity index (χ2v) is 4.60. The first-order chi connectivity index (χ1) is 8.24. The van der Waals surface area contributed by atoms with E-state index in [-0.39, 0.29) is 6.61 Å². The molecule has 0 atom stereocenters. The van der Waals surface area contributed by atoms with Gasteiger partial charge in [-0.2, -0.15) is 0 Å². The molecule has 0 bridgehead atoms. The van der Waals surface area contributed by atoms with Crippen LogP contribution in [0.4, 0.5) is 0 Å². The normalized spacial score (nSPS) is 10.5. The molecule has 1 aromatic carbocycles. The molecule has 0 radical (unpaired) electrons. The number of rotatable bonds is 4. The molecule has 1 heterocycles. The molecule has 0 aliphatic carbocycles. The second-order valence-electron chi connectivity index (χ2n) is 3.74. The van der Waals surface area contributed by atoms with Gasteiger partial charge in [-0.3, -0.25) is 0 Å². The maximum Gasteiger partial charge on any atom is 0.119 e. The van der Waals surface area contributed by atoms with Crippen molar-refractivity contribution in [1.82, 2.24) is 4.57 Å². The lowest BCUT2D eigenvalue weighted by Gasteiger charge is -2.10. The SMILES string of the molecule is COc1ccc(Br)c(Cn2cccc2CO)c1. The number of hydrogen-bond donors (Lipinski definition) is 1. The van der Waals surface area contributed by atoms with E-state index in [1.54, 1.807) is 7.11 Å². The van der Waals surface area contributed by atoms with Gasteiger partial charge in [0.1, 0.15) is 5.75 Å². The summed E-state index contributed by atoms with van der Waals surface area (Å²) in [6.07, 6.45) is 1.96. The number of halogens is 1. The number of ether oxygens (including phenoxy) is 1. The zero-order valence-corrected chi connectivity index (χ0v) is 11.1. The highest BCUT2D eigenvalue weighted by Crippen LogP contribution is 2.23. The van der Waals surface area contributed by atoms with Crippen LogP contribution in [0.2, 0.25) is 0 Å². The van der Waals surface area contributed by atoms with Crippen LogP contribution in [0.1, 0.15) is 11.3 Å². The first-order valence-electron chi connectivity index (χ1n) is 5.32. The molecular weight excluding hydrogens is 282 g/mol. The lowest BCUT2D eigenvalue weighted by molar-refractivity contribution is 0.271.